The Kier molecular flexibility index (Phi) is 4.36. The van der Waals surface area contributed by atoms with Gasteiger partial charge in [-0.15, -0.1) is 17.9 Å². The van der Waals surface area contributed by atoms with Gasteiger partial charge in [-0.3, -0.25) is 0 Å². The largest absolute Gasteiger partial charge is 0.323 e. The van der Waals surface area contributed by atoms with Crippen molar-refractivity contribution in [2.45, 2.75) is 39.2 Å². The lowest BCUT2D eigenvalue weighted by Gasteiger charge is -2.07. The first kappa shape index (κ1) is 11.5. The highest BCUT2D eigenvalue weighted by molar-refractivity contribution is 7.12. The Labute approximate surface area is 90.6 Å². The molecule has 2 N–H and O–H groups in total. The SMILES string of the molecule is C=CCCCC(N)c1cc(C)c(C)s1. The van der Waals surface area contributed by atoms with E-state index in [1.165, 1.54) is 15.3 Å². The van der Waals surface area contributed by atoms with Gasteiger partial charge in [-0.05, 0) is 44.7 Å². The van der Waals surface area contributed by atoms with Crippen molar-refractivity contribution in [3.05, 3.63) is 34.0 Å². The van der Waals surface area contributed by atoms with Crippen molar-refractivity contribution < 1.29 is 0 Å². The van der Waals surface area contributed by atoms with Gasteiger partial charge in [-0.1, -0.05) is 6.08 Å². The van der Waals surface area contributed by atoms with Crippen molar-refractivity contribution in [1.29, 1.82) is 0 Å². The molecule has 1 aromatic rings. The van der Waals surface area contributed by atoms with E-state index in [9.17, 15) is 0 Å². The average molecular weight is 209 g/mol. The topological polar surface area (TPSA) is 26.0 Å². The molecule has 0 saturated carbocycles. The van der Waals surface area contributed by atoms with Crippen LogP contribution < -0.4 is 5.73 Å². The second kappa shape index (κ2) is 5.32. The Balaban J connectivity index is 2.51. The summed E-state index contributed by atoms with van der Waals surface area (Å²) >= 11 is 1.83. The number of aryl methyl sites for hydroxylation is 2. The third kappa shape index (κ3) is 2.96. The molecule has 1 aromatic heterocycles. The summed E-state index contributed by atoms with van der Waals surface area (Å²) in [4.78, 5) is 2.71. The molecule has 1 atom stereocenters. The van der Waals surface area contributed by atoms with E-state index in [1.807, 2.05) is 17.4 Å². The fourth-order valence-corrected chi connectivity index (χ4v) is 2.49. The van der Waals surface area contributed by atoms with E-state index in [0.717, 1.165) is 19.3 Å². The van der Waals surface area contributed by atoms with Crippen LogP contribution in [0.2, 0.25) is 0 Å². The van der Waals surface area contributed by atoms with Crippen LogP contribution >= 0.6 is 11.3 Å². The molecule has 0 spiro atoms. The highest BCUT2D eigenvalue weighted by Gasteiger charge is 2.09. The molecule has 0 amide bonds. The quantitative estimate of drug-likeness (QED) is 0.580. The molecule has 0 radical (unpaired) electrons. The molecule has 0 fully saturated rings. The zero-order valence-corrected chi connectivity index (χ0v) is 9.86. The summed E-state index contributed by atoms with van der Waals surface area (Å²) in [6.07, 6.45) is 5.22. The van der Waals surface area contributed by atoms with Crippen molar-refractivity contribution >= 4 is 11.3 Å². The lowest BCUT2D eigenvalue weighted by molar-refractivity contribution is 0.626. The summed E-state index contributed by atoms with van der Waals surface area (Å²) < 4.78 is 0. The third-order valence-corrected chi connectivity index (χ3v) is 3.76. The van der Waals surface area contributed by atoms with E-state index in [4.69, 9.17) is 5.73 Å². The van der Waals surface area contributed by atoms with Crippen molar-refractivity contribution in [2.75, 3.05) is 0 Å². The van der Waals surface area contributed by atoms with Gasteiger partial charge in [0, 0.05) is 15.8 Å². The van der Waals surface area contributed by atoms with Crippen molar-refractivity contribution in [1.82, 2.24) is 0 Å². The molecule has 0 aliphatic heterocycles. The summed E-state index contributed by atoms with van der Waals surface area (Å²) in [7, 11) is 0. The maximum atomic E-state index is 6.09. The number of allylic oxidation sites excluding steroid dienone is 1. The summed E-state index contributed by atoms with van der Waals surface area (Å²) in [5.74, 6) is 0. The fraction of sp³-hybridized carbons (Fsp3) is 0.500. The van der Waals surface area contributed by atoms with Crippen molar-refractivity contribution in [2.24, 2.45) is 5.73 Å². The number of unbranched alkanes of at least 4 members (excludes halogenated alkanes) is 1. The predicted octanol–water partition coefficient (Wildman–Crippen LogP) is 3.72. The standard InChI is InChI=1S/C12H19NS/c1-4-5-6-7-11(13)12-8-9(2)10(3)14-12/h4,8,11H,1,5-7,13H2,2-3H3. The molecule has 0 saturated heterocycles. The Bertz CT molecular complexity index is 282. The van der Waals surface area contributed by atoms with E-state index >= 15 is 0 Å². The van der Waals surface area contributed by atoms with Crippen LogP contribution in [0.4, 0.5) is 0 Å². The van der Waals surface area contributed by atoms with Gasteiger partial charge in [0.05, 0.1) is 0 Å². The van der Waals surface area contributed by atoms with Crippen LogP contribution in [0.1, 0.15) is 40.6 Å². The minimum absolute atomic E-state index is 0.215. The molecule has 0 aliphatic carbocycles. The molecule has 1 unspecified atom stereocenters. The lowest BCUT2D eigenvalue weighted by Crippen LogP contribution is -2.07. The Morgan fingerprint density at radius 2 is 2.29 bits per heavy atom. The van der Waals surface area contributed by atoms with E-state index in [1.54, 1.807) is 0 Å². The first-order valence-electron chi connectivity index (χ1n) is 5.08. The Morgan fingerprint density at radius 1 is 1.57 bits per heavy atom. The third-order valence-electron chi connectivity index (χ3n) is 2.47. The van der Waals surface area contributed by atoms with Crippen molar-refractivity contribution in [3.63, 3.8) is 0 Å². The van der Waals surface area contributed by atoms with Crippen LogP contribution in [0.25, 0.3) is 0 Å². The molecular formula is C12H19NS. The van der Waals surface area contributed by atoms with Crippen molar-refractivity contribution in [3.8, 4) is 0 Å². The van der Waals surface area contributed by atoms with Gasteiger partial charge in [0.1, 0.15) is 0 Å². The lowest BCUT2D eigenvalue weighted by atomic mass is 10.1. The number of rotatable bonds is 5. The molecule has 0 aliphatic rings. The van der Waals surface area contributed by atoms with Crippen LogP contribution in [0.15, 0.2) is 18.7 Å². The molecule has 0 aromatic carbocycles. The molecule has 1 nitrogen and oxygen atoms in total. The number of thiophene rings is 1. The van der Waals surface area contributed by atoms with Crippen LogP contribution in [0, 0.1) is 13.8 Å². The zero-order valence-electron chi connectivity index (χ0n) is 9.05. The van der Waals surface area contributed by atoms with Gasteiger partial charge in [0.25, 0.3) is 0 Å². The summed E-state index contributed by atoms with van der Waals surface area (Å²) in [6.45, 7) is 8.01. The van der Waals surface area contributed by atoms with Gasteiger partial charge < -0.3 is 5.73 Å². The molecule has 14 heavy (non-hydrogen) atoms. The van der Waals surface area contributed by atoms with Gasteiger partial charge in [-0.2, -0.15) is 0 Å². The maximum Gasteiger partial charge on any atom is 0.0390 e. The fourth-order valence-electron chi connectivity index (χ4n) is 1.41. The molecule has 1 heterocycles. The highest BCUT2D eigenvalue weighted by Crippen LogP contribution is 2.27. The van der Waals surface area contributed by atoms with Gasteiger partial charge in [0.15, 0.2) is 0 Å². The molecule has 2 heteroatoms. The zero-order chi connectivity index (χ0) is 10.6. The van der Waals surface area contributed by atoms with Gasteiger partial charge >= 0.3 is 0 Å². The monoisotopic (exact) mass is 209 g/mol. The molecule has 1 rings (SSSR count). The molecule has 0 bridgehead atoms. The van der Waals surface area contributed by atoms with Crippen LogP contribution in [-0.2, 0) is 0 Å². The summed E-state index contributed by atoms with van der Waals surface area (Å²) in [5.41, 5.74) is 7.46. The van der Waals surface area contributed by atoms with Gasteiger partial charge in [0.2, 0.25) is 0 Å². The van der Waals surface area contributed by atoms with E-state index in [-0.39, 0.29) is 6.04 Å². The first-order chi connectivity index (χ1) is 6.65. The second-order valence-electron chi connectivity index (χ2n) is 3.71. The second-order valence-corrected chi connectivity index (χ2v) is 5.00. The number of nitrogens with two attached hydrogens (primary N) is 1. The van der Waals surface area contributed by atoms with E-state index in [0.29, 0.717) is 0 Å². The van der Waals surface area contributed by atoms with E-state index < -0.39 is 0 Å². The number of hydrogen-bond donors (Lipinski definition) is 1. The molecule has 78 valence electrons. The minimum atomic E-state index is 0.215. The highest BCUT2D eigenvalue weighted by atomic mass is 32.1. The van der Waals surface area contributed by atoms with Crippen LogP contribution in [0.5, 0.6) is 0 Å². The summed E-state index contributed by atoms with van der Waals surface area (Å²) in [5, 5.41) is 0. The van der Waals surface area contributed by atoms with Gasteiger partial charge in [-0.25, -0.2) is 0 Å². The van der Waals surface area contributed by atoms with E-state index in [2.05, 4.69) is 26.5 Å². The summed E-state index contributed by atoms with van der Waals surface area (Å²) in [6, 6.07) is 2.44. The first-order valence-corrected chi connectivity index (χ1v) is 5.90. The Morgan fingerprint density at radius 3 is 2.79 bits per heavy atom. The number of hydrogen-bond acceptors (Lipinski definition) is 2. The Hall–Kier alpha value is -0.600. The smallest absolute Gasteiger partial charge is 0.0390 e. The van der Waals surface area contributed by atoms with Crippen LogP contribution in [0.3, 0.4) is 0 Å². The predicted molar refractivity (Wildman–Crippen MR) is 64.8 cm³/mol. The maximum absolute atomic E-state index is 6.09. The minimum Gasteiger partial charge on any atom is -0.323 e. The normalized spacial score (nSPS) is 12.8. The molecular weight excluding hydrogens is 190 g/mol. The average Bonchev–Trinajstić information content (AvgIpc) is 2.47. The van der Waals surface area contributed by atoms with Crippen LogP contribution in [-0.4, -0.2) is 0 Å².